The molecular formula is C14H16FN3O2. The van der Waals surface area contributed by atoms with Gasteiger partial charge in [0.05, 0.1) is 18.2 Å². The van der Waals surface area contributed by atoms with E-state index in [2.05, 4.69) is 11.9 Å². The molecule has 0 spiro atoms. The quantitative estimate of drug-likeness (QED) is 0.771. The third-order valence-corrected chi connectivity index (χ3v) is 2.61. The summed E-state index contributed by atoms with van der Waals surface area (Å²) in [6, 6.07) is 5.43. The molecule has 0 aromatic heterocycles. The van der Waals surface area contributed by atoms with E-state index in [4.69, 9.17) is 10.4 Å². The molecule has 0 aliphatic rings. The van der Waals surface area contributed by atoms with Crippen LogP contribution in [0.4, 0.5) is 9.18 Å². The van der Waals surface area contributed by atoms with E-state index in [9.17, 15) is 9.18 Å². The zero-order chi connectivity index (χ0) is 15.0. The molecule has 1 rings (SSSR count). The summed E-state index contributed by atoms with van der Waals surface area (Å²) in [4.78, 5) is 13.2. The predicted molar refractivity (Wildman–Crippen MR) is 72.2 cm³/mol. The molecule has 0 saturated carbocycles. The number of benzene rings is 1. The largest absolute Gasteiger partial charge is 0.395 e. The first kappa shape index (κ1) is 15.7. The normalized spacial score (nSPS) is 9.65. The molecule has 20 heavy (non-hydrogen) atoms. The lowest BCUT2D eigenvalue weighted by atomic mass is 10.1. The number of hydrogen-bond donors (Lipinski definition) is 2. The highest BCUT2D eigenvalue weighted by Gasteiger charge is 2.12. The third kappa shape index (κ3) is 4.37. The van der Waals surface area contributed by atoms with E-state index in [0.29, 0.717) is 5.56 Å². The van der Waals surface area contributed by atoms with E-state index in [1.807, 2.05) is 6.07 Å². The van der Waals surface area contributed by atoms with Crippen LogP contribution < -0.4 is 5.32 Å². The summed E-state index contributed by atoms with van der Waals surface area (Å²) in [5.41, 5.74) is 0.564. The summed E-state index contributed by atoms with van der Waals surface area (Å²) in [5.74, 6) is -0.485. The molecule has 0 bridgehead atoms. The Morgan fingerprint density at radius 3 is 2.95 bits per heavy atom. The van der Waals surface area contributed by atoms with Crippen molar-refractivity contribution in [2.45, 2.75) is 6.54 Å². The molecule has 0 radical (unpaired) electrons. The van der Waals surface area contributed by atoms with Gasteiger partial charge >= 0.3 is 6.03 Å². The van der Waals surface area contributed by atoms with Gasteiger partial charge in [-0.2, -0.15) is 5.26 Å². The maximum Gasteiger partial charge on any atom is 0.318 e. The van der Waals surface area contributed by atoms with Crippen molar-refractivity contribution in [2.24, 2.45) is 0 Å². The van der Waals surface area contributed by atoms with Crippen molar-refractivity contribution in [3.63, 3.8) is 0 Å². The number of aliphatic hydroxyl groups excluding tert-OH is 1. The minimum atomic E-state index is -0.485. The Morgan fingerprint density at radius 2 is 2.35 bits per heavy atom. The first-order valence-electron chi connectivity index (χ1n) is 6.05. The number of nitrogens with one attached hydrogen (secondary N) is 1. The van der Waals surface area contributed by atoms with Crippen LogP contribution in [0.3, 0.4) is 0 Å². The molecule has 2 amide bonds. The highest BCUT2D eigenvalue weighted by molar-refractivity contribution is 5.74. The SMILES string of the molecule is C=CCN(CCO)C(=O)NCc1cc(C#N)ccc1F. The van der Waals surface area contributed by atoms with Crippen LogP contribution in [0.2, 0.25) is 0 Å². The molecule has 0 saturated heterocycles. The average molecular weight is 277 g/mol. The van der Waals surface area contributed by atoms with Crippen molar-refractivity contribution in [1.82, 2.24) is 10.2 Å². The maximum atomic E-state index is 13.5. The van der Waals surface area contributed by atoms with Crippen molar-refractivity contribution in [3.05, 3.63) is 47.8 Å². The number of nitrogens with zero attached hydrogens (tertiary/aromatic N) is 2. The summed E-state index contributed by atoms with van der Waals surface area (Å²) >= 11 is 0. The Morgan fingerprint density at radius 1 is 1.60 bits per heavy atom. The van der Waals surface area contributed by atoms with Gasteiger partial charge in [-0.3, -0.25) is 0 Å². The van der Waals surface area contributed by atoms with Crippen LogP contribution in [0.1, 0.15) is 11.1 Å². The third-order valence-electron chi connectivity index (χ3n) is 2.61. The van der Waals surface area contributed by atoms with Gasteiger partial charge in [-0.1, -0.05) is 6.08 Å². The lowest BCUT2D eigenvalue weighted by Gasteiger charge is -2.20. The highest BCUT2D eigenvalue weighted by Crippen LogP contribution is 2.10. The standard InChI is InChI=1S/C14H16FN3O2/c1-2-5-18(6-7-19)14(20)17-10-12-8-11(9-16)3-4-13(12)15/h2-4,8,19H,1,5-7,10H2,(H,17,20). The van der Waals surface area contributed by atoms with E-state index >= 15 is 0 Å². The molecule has 0 atom stereocenters. The van der Waals surface area contributed by atoms with Gasteiger partial charge in [0.2, 0.25) is 0 Å². The summed E-state index contributed by atoms with van der Waals surface area (Å²) in [5, 5.41) is 20.1. The van der Waals surface area contributed by atoms with E-state index in [1.165, 1.54) is 29.2 Å². The van der Waals surface area contributed by atoms with Crippen molar-refractivity contribution in [1.29, 1.82) is 5.26 Å². The Labute approximate surface area is 116 Å². The minimum absolute atomic E-state index is 0.0285. The second kappa shape index (κ2) is 7.92. The number of halogens is 1. The summed E-state index contributed by atoms with van der Waals surface area (Å²) < 4.78 is 13.5. The Bertz CT molecular complexity index is 526. The number of urea groups is 1. The number of nitriles is 1. The predicted octanol–water partition coefficient (Wildman–Crippen LogP) is 1.39. The zero-order valence-corrected chi connectivity index (χ0v) is 11.0. The van der Waals surface area contributed by atoms with Gasteiger partial charge in [0.15, 0.2) is 0 Å². The summed E-state index contributed by atoms with van der Waals surface area (Å²) in [6.45, 7) is 3.78. The van der Waals surface area contributed by atoms with Gasteiger partial charge in [-0.05, 0) is 18.2 Å². The summed E-state index contributed by atoms with van der Waals surface area (Å²) in [7, 11) is 0. The molecule has 1 aromatic rings. The fraction of sp³-hybridized carbons (Fsp3) is 0.286. The molecule has 5 nitrogen and oxygen atoms in total. The van der Waals surface area contributed by atoms with Gasteiger partial charge in [0.1, 0.15) is 5.82 Å². The van der Waals surface area contributed by atoms with Crippen LogP contribution in [-0.4, -0.2) is 35.7 Å². The van der Waals surface area contributed by atoms with Crippen LogP contribution in [0.25, 0.3) is 0 Å². The van der Waals surface area contributed by atoms with Gasteiger partial charge in [-0.25, -0.2) is 9.18 Å². The van der Waals surface area contributed by atoms with E-state index in [1.54, 1.807) is 0 Å². The molecule has 6 heteroatoms. The second-order valence-electron chi connectivity index (χ2n) is 4.03. The van der Waals surface area contributed by atoms with E-state index in [0.717, 1.165) is 0 Å². The lowest BCUT2D eigenvalue weighted by Crippen LogP contribution is -2.41. The zero-order valence-electron chi connectivity index (χ0n) is 11.0. The average Bonchev–Trinajstić information content (AvgIpc) is 2.46. The van der Waals surface area contributed by atoms with Crippen LogP contribution in [0.5, 0.6) is 0 Å². The van der Waals surface area contributed by atoms with Crippen molar-refractivity contribution >= 4 is 6.03 Å². The molecule has 2 N–H and O–H groups in total. The minimum Gasteiger partial charge on any atom is -0.395 e. The Balaban J connectivity index is 2.68. The number of hydrogen-bond acceptors (Lipinski definition) is 3. The number of aliphatic hydroxyl groups is 1. The van der Waals surface area contributed by atoms with Crippen LogP contribution in [-0.2, 0) is 6.54 Å². The fourth-order valence-electron chi connectivity index (χ4n) is 1.61. The Kier molecular flexibility index (Phi) is 6.20. The molecule has 1 aromatic carbocycles. The number of rotatable bonds is 6. The first-order chi connectivity index (χ1) is 9.62. The van der Waals surface area contributed by atoms with Crippen molar-refractivity contribution < 1.29 is 14.3 Å². The van der Waals surface area contributed by atoms with E-state index in [-0.39, 0.29) is 31.8 Å². The molecule has 0 aliphatic carbocycles. The fourth-order valence-corrected chi connectivity index (χ4v) is 1.61. The van der Waals surface area contributed by atoms with Crippen molar-refractivity contribution in [3.8, 4) is 6.07 Å². The van der Waals surface area contributed by atoms with Crippen LogP contribution in [0, 0.1) is 17.1 Å². The molecule has 106 valence electrons. The maximum absolute atomic E-state index is 13.5. The second-order valence-corrected chi connectivity index (χ2v) is 4.03. The van der Waals surface area contributed by atoms with Crippen molar-refractivity contribution in [2.75, 3.05) is 19.7 Å². The number of carbonyl (C=O) groups excluding carboxylic acids is 1. The van der Waals surface area contributed by atoms with Gasteiger partial charge in [0, 0.05) is 25.2 Å². The van der Waals surface area contributed by atoms with Crippen LogP contribution in [0.15, 0.2) is 30.9 Å². The van der Waals surface area contributed by atoms with E-state index < -0.39 is 11.8 Å². The first-order valence-corrected chi connectivity index (χ1v) is 6.05. The number of amides is 2. The molecule has 0 heterocycles. The summed E-state index contributed by atoms with van der Waals surface area (Å²) in [6.07, 6.45) is 1.53. The molecule has 0 unspecified atom stereocenters. The Hall–Kier alpha value is -2.39. The molecule has 0 aliphatic heterocycles. The van der Waals surface area contributed by atoms with Gasteiger partial charge in [-0.15, -0.1) is 6.58 Å². The van der Waals surface area contributed by atoms with Gasteiger partial charge in [0.25, 0.3) is 0 Å². The highest BCUT2D eigenvalue weighted by atomic mass is 19.1. The molecular weight excluding hydrogens is 261 g/mol. The topological polar surface area (TPSA) is 76.4 Å². The van der Waals surface area contributed by atoms with Crippen LogP contribution >= 0.6 is 0 Å². The smallest absolute Gasteiger partial charge is 0.318 e. The number of carbonyl (C=O) groups is 1. The monoisotopic (exact) mass is 277 g/mol. The van der Waals surface area contributed by atoms with Gasteiger partial charge < -0.3 is 15.3 Å². The lowest BCUT2D eigenvalue weighted by molar-refractivity contribution is 0.183. The molecule has 0 fully saturated rings.